The number of carbonyl (C=O) groups excluding carboxylic acids is 1. The van der Waals surface area contributed by atoms with Crippen LogP contribution in [-0.2, 0) is 10.0 Å². The Kier molecular flexibility index (Phi) is 6.28. The summed E-state index contributed by atoms with van der Waals surface area (Å²) in [5, 5.41) is 2.94. The highest BCUT2D eigenvalue weighted by atomic mass is 35.5. The van der Waals surface area contributed by atoms with Crippen LogP contribution in [-0.4, -0.2) is 34.2 Å². The number of amides is 1. The molecular formula is C18H19ClN2O4S. The monoisotopic (exact) mass is 394 g/mol. The summed E-state index contributed by atoms with van der Waals surface area (Å²) in [6.45, 7) is 3.93. The van der Waals surface area contributed by atoms with Gasteiger partial charge in [0.15, 0.2) is 0 Å². The van der Waals surface area contributed by atoms with E-state index < -0.39 is 15.9 Å². The lowest BCUT2D eigenvalue weighted by atomic mass is 10.1. The zero-order valence-electron chi connectivity index (χ0n) is 14.4. The van der Waals surface area contributed by atoms with Crippen LogP contribution in [0.15, 0.2) is 55.1 Å². The lowest BCUT2D eigenvalue weighted by Crippen LogP contribution is -2.25. The predicted octanol–water partition coefficient (Wildman–Crippen LogP) is 3.55. The average Bonchev–Trinajstić information content (AvgIpc) is 2.59. The number of benzene rings is 2. The molecular weight excluding hydrogens is 376 g/mol. The Morgan fingerprint density at radius 1 is 1.31 bits per heavy atom. The van der Waals surface area contributed by atoms with Gasteiger partial charge in [0.1, 0.15) is 12.4 Å². The number of ether oxygens (including phenoxy) is 1. The van der Waals surface area contributed by atoms with Crippen molar-refractivity contribution in [1.82, 2.24) is 0 Å². The fourth-order valence-electron chi connectivity index (χ4n) is 2.09. The Bertz CT molecular complexity index is 929. The molecule has 0 bridgehead atoms. The number of rotatable bonds is 7. The van der Waals surface area contributed by atoms with Crippen LogP contribution in [0.25, 0.3) is 0 Å². The van der Waals surface area contributed by atoms with Gasteiger partial charge in [-0.3, -0.25) is 9.10 Å². The van der Waals surface area contributed by atoms with Gasteiger partial charge in [-0.05, 0) is 30.3 Å². The van der Waals surface area contributed by atoms with Crippen molar-refractivity contribution in [3.05, 3.63) is 65.7 Å². The van der Waals surface area contributed by atoms with Gasteiger partial charge in [0.05, 0.1) is 22.5 Å². The van der Waals surface area contributed by atoms with Crippen molar-refractivity contribution >= 4 is 38.9 Å². The predicted molar refractivity (Wildman–Crippen MR) is 105 cm³/mol. The first kappa shape index (κ1) is 19.8. The number of sulfonamides is 1. The zero-order valence-corrected chi connectivity index (χ0v) is 16.0. The highest BCUT2D eigenvalue weighted by Crippen LogP contribution is 2.25. The van der Waals surface area contributed by atoms with Crippen molar-refractivity contribution in [2.75, 3.05) is 29.5 Å². The quantitative estimate of drug-likeness (QED) is 0.728. The summed E-state index contributed by atoms with van der Waals surface area (Å²) in [4.78, 5) is 12.6. The molecule has 0 fully saturated rings. The highest BCUT2D eigenvalue weighted by molar-refractivity contribution is 7.92. The van der Waals surface area contributed by atoms with Crippen LogP contribution in [0.1, 0.15) is 10.4 Å². The standard InChI is InChI=1S/C18H19ClN2O4S/c1-4-10-25-15-7-5-6-13(11-15)20-18(22)16-12-14(8-9-17(16)19)21(2)26(3,23)24/h4-9,11-12H,1,10H2,2-3H3,(H,20,22). The maximum absolute atomic E-state index is 12.6. The van der Waals surface area contributed by atoms with Crippen LogP contribution >= 0.6 is 11.6 Å². The Balaban J connectivity index is 2.25. The SMILES string of the molecule is C=CCOc1cccc(NC(=O)c2cc(N(C)S(C)(=O)=O)ccc2Cl)c1. The Labute approximate surface area is 158 Å². The minimum absolute atomic E-state index is 0.164. The molecule has 8 heteroatoms. The Hall–Kier alpha value is -2.51. The molecule has 0 spiro atoms. The maximum atomic E-state index is 12.6. The van der Waals surface area contributed by atoms with Crippen molar-refractivity contribution in [3.8, 4) is 5.75 Å². The van der Waals surface area contributed by atoms with Crippen molar-refractivity contribution in [2.45, 2.75) is 0 Å². The molecule has 0 radical (unpaired) electrons. The van der Waals surface area contributed by atoms with Crippen molar-refractivity contribution in [3.63, 3.8) is 0 Å². The van der Waals surface area contributed by atoms with Gasteiger partial charge in [0.25, 0.3) is 5.91 Å². The number of anilines is 2. The van der Waals surface area contributed by atoms with E-state index in [4.69, 9.17) is 16.3 Å². The van der Waals surface area contributed by atoms with Crippen molar-refractivity contribution in [2.24, 2.45) is 0 Å². The molecule has 2 aromatic carbocycles. The molecule has 0 aliphatic rings. The molecule has 0 aromatic heterocycles. The highest BCUT2D eigenvalue weighted by Gasteiger charge is 2.17. The summed E-state index contributed by atoms with van der Waals surface area (Å²) in [5.74, 6) is 0.124. The second-order valence-electron chi connectivity index (χ2n) is 5.48. The van der Waals surface area contributed by atoms with E-state index in [2.05, 4.69) is 11.9 Å². The van der Waals surface area contributed by atoms with Gasteiger partial charge in [-0.25, -0.2) is 8.42 Å². The molecule has 0 aliphatic carbocycles. The molecule has 0 saturated carbocycles. The number of carbonyl (C=O) groups is 1. The van der Waals surface area contributed by atoms with Crippen LogP contribution in [0, 0.1) is 0 Å². The summed E-state index contributed by atoms with van der Waals surface area (Å²) < 4.78 is 29.9. The molecule has 0 unspecified atom stereocenters. The third kappa shape index (κ3) is 5.00. The Morgan fingerprint density at radius 3 is 2.69 bits per heavy atom. The van der Waals surface area contributed by atoms with Crippen LogP contribution in [0.4, 0.5) is 11.4 Å². The van der Waals surface area contributed by atoms with Crippen LogP contribution in [0.2, 0.25) is 5.02 Å². The van der Waals surface area contributed by atoms with Gasteiger partial charge in [0, 0.05) is 18.8 Å². The molecule has 1 amide bonds. The summed E-state index contributed by atoms with van der Waals surface area (Å²) >= 11 is 6.11. The summed E-state index contributed by atoms with van der Waals surface area (Å²) in [6.07, 6.45) is 2.70. The number of nitrogens with zero attached hydrogens (tertiary/aromatic N) is 1. The van der Waals surface area contributed by atoms with E-state index in [1.54, 1.807) is 30.3 Å². The Morgan fingerprint density at radius 2 is 2.04 bits per heavy atom. The summed E-state index contributed by atoms with van der Waals surface area (Å²) in [6, 6.07) is 11.3. The maximum Gasteiger partial charge on any atom is 0.257 e. The van der Waals surface area contributed by atoms with Gasteiger partial charge in [-0.2, -0.15) is 0 Å². The van der Waals surface area contributed by atoms with Gasteiger partial charge in [-0.1, -0.05) is 30.3 Å². The first-order valence-electron chi connectivity index (χ1n) is 7.61. The molecule has 6 nitrogen and oxygen atoms in total. The fraction of sp³-hybridized carbons (Fsp3) is 0.167. The molecule has 2 rings (SSSR count). The fourth-order valence-corrected chi connectivity index (χ4v) is 2.79. The van der Waals surface area contributed by atoms with Gasteiger partial charge >= 0.3 is 0 Å². The van der Waals surface area contributed by atoms with Crippen molar-refractivity contribution < 1.29 is 17.9 Å². The van der Waals surface area contributed by atoms with E-state index in [0.717, 1.165) is 10.6 Å². The molecule has 0 aliphatic heterocycles. The van der Waals surface area contributed by atoms with Crippen LogP contribution in [0.5, 0.6) is 5.75 Å². The van der Waals surface area contributed by atoms with E-state index in [9.17, 15) is 13.2 Å². The summed E-state index contributed by atoms with van der Waals surface area (Å²) in [7, 11) is -2.05. The minimum atomic E-state index is -3.45. The van der Waals surface area contributed by atoms with Gasteiger partial charge in [0.2, 0.25) is 10.0 Å². The van der Waals surface area contributed by atoms with Crippen LogP contribution in [0.3, 0.4) is 0 Å². The smallest absolute Gasteiger partial charge is 0.257 e. The molecule has 2 aromatic rings. The largest absolute Gasteiger partial charge is 0.489 e. The van der Waals surface area contributed by atoms with E-state index in [0.29, 0.717) is 23.7 Å². The van der Waals surface area contributed by atoms with Gasteiger partial charge in [-0.15, -0.1) is 0 Å². The van der Waals surface area contributed by atoms with E-state index >= 15 is 0 Å². The molecule has 138 valence electrons. The zero-order chi connectivity index (χ0) is 19.3. The third-order valence-electron chi connectivity index (χ3n) is 3.52. The van der Waals surface area contributed by atoms with Crippen LogP contribution < -0.4 is 14.4 Å². The van der Waals surface area contributed by atoms with E-state index in [-0.39, 0.29) is 10.6 Å². The van der Waals surface area contributed by atoms with E-state index in [1.165, 1.54) is 25.2 Å². The number of hydrogen-bond donors (Lipinski definition) is 1. The molecule has 26 heavy (non-hydrogen) atoms. The average molecular weight is 395 g/mol. The van der Waals surface area contributed by atoms with Crippen molar-refractivity contribution in [1.29, 1.82) is 0 Å². The molecule has 0 atom stereocenters. The third-order valence-corrected chi connectivity index (χ3v) is 5.05. The second-order valence-corrected chi connectivity index (χ2v) is 7.90. The number of hydrogen-bond acceptors (Lipinski definition) is 4. The topological polar surface area (TPSA) is 75.7 Å². The lowest BCUT2D eigenvalue weighted by Gasteiger charge is -2.18. The normalized spacial score (nSPS) is 10.9. The first-order valence-corrected chi connectivity index (χ1v) is 9.83. The van der Waals surface area contributed by atoms with E-state index in [1.807, 2.05) is 0 Å². The lowest BCUT2D eigenvalue weighted by molar-refractivity contribution is 0.102. The minimum Gasteiger partial charge on any atom is -0.489 e. The number of halogens is 1. The first-order chi connectivity index (χ1) is 12.2. The molecule has 0 saturated heterocycles. The molecule has 1 N–H and O–H groups in total. The molecule has 0 heterocycles. The van der Waals surface area contributed by atoms with Gasteiger partial charge < -0.3 is 10.1 Å². The summed E-state index contributed by atoms with van der Waals surface area (Å²) in [5.41, 5.74) is 1.02. The second kappa shape index (κ2) is 8.25. The number of nitrogens with one attached hydrogen (secondary N) is 1.